The first-order chi connectivity index (χ1) is 7.19. The van der Waals surface area contributed by atoms with Crippen LogP contribution in [0, 0.1) is 6.92 Å². The van der Waals surface area contributed by atoms with Crippen LogP contribution < -0.4 is 10.5 Å². The van der Waals surface area contributed by atoms with Crippen LogP contribution in [0.3, 0.4) is 0 Å². The topological polar surface area (TPSA) is 35.2 Å². The third-order valence-electron chi connectivity index (χ3n) is 2.54. The van der Waals surface area contributed by atoms with Crippen molar-refractivity contribution in [1.82, 2.24) is 0 Å². The van der Waals surface area contributed by atoms with Crippen LogP contribution in [0.15, 0.2) is 30.9 Å². The van der Waals surface area contributed by atoms with Crippen molar-refractivity contribution in [3.63, 3.8) is 0 Å². The highest BCUT2D eigenvalue weighted by molar-refractivity contribution is 5.85. The van der Waals surface area contributed by atoms with Crippen LogP contribution in [0.1, 0.15) is 30.0 Å². The average molecular weight is 242 g/mol. The Labute approximate surface area is 104 Å². The van der Waals surface area contributed by atoms with Crippen LogP contribution in [0.5, 0.6) is 5.75 Å². The van der Waals surface area contributed by atoms with Gasteiger partial charge in [0.05, 0.1) is 7.11 Å². The minimum absolute atomic E-state index is 0. The number of halogens is 1. The summed E-state index contributed by atoms with van der Waals surface area (Å²) in [6.07, 6.45) is 3.76. The van der Waals surface area contributed by atoms with E-state index in [1.807, 2.05) is 25.1 Å². The number of hydrogen-bond acceptors (Lipinski definition) is 2. The van der Waals surface area contributed by atoms with Crippen molar-refractivity contribution in [2.45, 2.75) is 25.8 Å². The summed E-state index contributed by atoms with van der Waals surface area (Å²) >= 11 is 0. The molecule has 0 unspecified atom stereocenters. The van der Waals surface area contributed by atoms with E-state index in [-0.39, 0.29) is 18.4 Å². The molecular formula is C13H20ClNO. The molecule has 2 nitrogen and oxygen atoms in total. The summed E-state index contributed by atoms with van der Waals surface area (Å²) in [6, 6.07) is 6.19. The number of aryl methyl sites for hydroxylation is 1. The maximum atomic E-state index is 6.05. The molecule has 16 heavy (non-hydrogen) atoms. The van der Waals surface area contributed by atoms with Gasteiger partial charge in [-0.1, -0.05) is 18.2 Å². The lowest BCUT2D eigenvalue weighted by Gasteiger charge is -2.13. The molecule has 0 radical (unpaired) electrons. The SMILES string of the molecule is C=CCC[C@@H](N)c1ccc(C)c(OC)c1.Cl. The third-order valence-corrected chi connectivity index (χ3v) is 2.54. The van der Waals surface area contributed by atoms with Gasteiger partial charge in [0.25, 0.3) is 0 Å². The number of methoxy groups -OCH3 is 1. The highest BCUT2D eigenvalue weighted by atomic mass is 35.5. The second-order valence-corrected chi connectivity index (χ2v) is 3.70. The number of ether oxygens (including phenoxy) is 1. The third kappa shape index (κ3) is 3.87. The van der Waals surface area contributed by atoms with Gasteiger partial charge in [0.15, 0.2) is 0 Å². The predicted molar refractivity (Wildman–Crippen MR) is 71.3 cm³/mol. The summed E-state index contributed by atoms with van der Waals surface area (Å²) in [7, 11) is 1.68. The smallest absolute Gasteiger partial charge is 0.122 e. The largest absolute Gasteiger partial charge is 0.496 e. The number of allylic oxidation sites excluding steroid dienone is 1. The van der Waals surface area contributed by atoms with E-state index in [0.717, 1.165) is 29.7 Å². The molecule has 0 saturated carbocycles. The molecule has 0 aliphatic rings. The van der Waals surface area contributed by atoms with E-state index in [4.69, 9.17) is 10.5 Å². The van der Waals surface area contributed by atoms with Crippen molar-refractivity contribution >= 4 is 12.4 Å². The van der Waals surface area contributed by atoms with Crippen LogP contribution in [-0.2, 0) is 0 Å². The fourth-order valence-corrected chi connectivity index (χ4v) is 1.53. The van der Waals surface area contributed by atoms with Gasteiger partial charge >= 0.3 is 0 Å². The van der Waals surface area contributed by atoms with Crippen molar-refractivity contribution in [1.29, 1.82) is 0 Å². The van der Waals surface area contributed by atoms with Crippen molar-refractivity contribution in [3.05, 3.63) is 42.0 Å². The van der Waals surface area contributed by atoms with E-state index in [2.05, 4.69) is 12.6 Å². The van der Waals surface area contributed by atoms with Gasteiger partial charge in [0, 0.05) is 6.04 Å². The van der Waals surface area contributed by atoms with E-state index in [1.165, 1.54) is 0 Å². The van der Waals surface area contributed by atoms with Gasteiger partial charge in [-0.3, -0.25) is 0 Å². The Balaban J connectivity index is 0.00000225. The van der Waals surface area contributed by atoms with Crippen molar-refractivity contribution in [2.75, 3.05) is 7.11 Å². The molecule has 0 heterocycles. The Kier molecular flexibility index (Phi) is 6.86. The lowest BCUT2D eigenvalue weighted by molar-refractivity contribution is 0.410. The van der Waals surface area contributed by atoms with E-state index in [1.54, 1.807) is 7.11 Å². The normalized spacial score (nSPS) is 11.4. The van der Waals surface area contributed by atoms with Gasteiger partial charge in [-0.05, 0) is 37.0 Å². The minimum Gasteiger partial charge on any atom is -0.496 e. The zero-order valence-electron chi connectivity index (χ0n) is 9.90. The fourth-order valence-electron chi connectivity index (χ4n) is 1.53. The van der Waals surface area contributed by atoms with Crippen molar-refractivity contribution in [2.24, 2.45) is 5.73 Å². The van der Waals surface area contributed by atoms with E-state index in [0.29, 0.717) is 0 Å². The van der Waals surface area contributed by atoms with Crippen LogP contribution >= 0.6 is 12.4 Å². The molecule has 1 rings (SSSR count). The van der Waals surface area contributed by atoms with Crippen LogP contribution in [0.4, 0.5) is 0 Å². The lowest BCUT2D eigenvalue weighted by atomic mass is 10.0. The highest BCUT2D eigenvalue weighted by Crippen LogP contribution is 2.24. The second kappa shape index (κ2) is 7.31. The van der Waals surface area contributed by atoms with Gasteiger partial charge < -0.3 is 10.5 Å². The number of rotatable bonds is 5. The summed E-state index contributed by atoms with van der Waals surface area (Å²) in [4.78, 5) is 0. The highest BCUT2D eigenvalue weighted by Gasteiger charge is 2.07. The summed E-state index contributed by atoms with van der Waals surface area (Å²) in [6.45, 7) is 5.72. The van der Waals surface area contributed by atoms with Crippen LogP contribution in [0.25, 0.3) is 0 Å². The predicted octanol–water partition coefficient (Wildman–Crippen LogP) is 3.39. The Bertz CT molecular complexity index is 339. The Hall–Kier alpha value is -0.990. The molecule has 2 N–H and O–H groups in total. The Morgan fingerprint density at radius 1 is 1.50 bits per heavy atom. The molecule has 1 aromatic carbocycles. The first-order valence-corrected chi connectivity index (χ1v) is 5.20. The first kappa shape index (κ1) is 15.0. The molecule has 0 fully saturated rings. The number of nitrogens with two attached hydrogens (primary N) is 1. The van der Waals surface area contributed by atoms with Gasteiger partial charge in [-0.25, -0.2) is 0 Å². The molecule has 0 bridgehead atoms. The molecular weight excluding hydrogens is 222 g/mol. The molecule has 0 aliphatic heterocycles. The monoisotopic (exact) mass is 241 g/mol. The molecule has 0 aliphatic carbocycles. The zero-order valence-corrected chi connectivity index (χ0v) is 10.7. The lowest BCUT2D eigenvalue weighted by Crippen LogP contribution is -2.10. The van der Waals surface area contributed by atoms with Crippen molar-refractivity contribution < 1.29 is 4.74 Å². The molecule has 0 saturated heterocycles. The number of hydrogen-bond donors (Lipinski definition) is 1. The van der Waals surface area contributed by atoms with E-state index >= 15 is 0 Å². The molecule has 0 amide bonds. The van der Waals surface area contributed by atoms with Gasteiger partial charge in [0.2, 0.25) is 0 Å². The van der Waals surface area contributed by atoms with Crippen LogP contribution in [0.2, 0.25) is 0 Å². The molecule has 0 aromatic heterocycles. The summed E-state index contributed by atoms with van der Waals surface area (Å²) in [5.74, 6) is 0.904. The maximum Gasteiger partial charge on any atom is 0.122 e. The van der Waals surface area contributed by atoms with Crippen LogP contribution in [-0.4, -0.2) is 7.11 Å². The molecule has 0 spiro atoms. The summed E-state index contributed by atoms with van der Waals surface area (Å²) in [5, 5.41) is 0. The first-order valence-electron chi connectivity index (χ1n) is 5.20. The summed E-state index contributed by atoms with van der Waals surface area (Å²) < 4.78 is 5.26. The average Bonchev–Trinajstić information content (AvgIpc) is 2.26. The Morgan fingerprint density at radius 3 is 2.75 bits per heavy atom. The maximum absolute atomic E-state index is 6.05. The molecule has 1 atom stereocenters. The van der Waals surface area contributed by atoms with Gasteiger partial charge in [-0.2, -0.15) is 0 Å². The zero-order chi connectivity index (χ0) is 11.3. The molecule has 1 aromatic rings. The second-order valence-electron chi connectivity index (χ2n) is 3.70. The van der Waals surface area contributed by atoms with Gasteiger partial charge in [0.1, 0.15) is 5.75 Å². The van der Waals surface area contributed by atoms with E-state index < -0.39 is 0 Å². The fraction of sp³-hybridized carbons (Fsp3) is 0.385. The quantitative estimate of drug-likeness (QED) is 0.802. The van der Waals surface area contributed by atoms with Crippen molar-refractivity contribution in [3.8, 4) is 5.75 Å². The Morgan fingerprint density at radius 2 is 2.19 bits per heavy atom. The van der Waals surface area contributed by atoms with Gasteiger partial charge in [-0.15, -0.1) is 19.0 Å². The number of benzene rings is 1. The standard InChI is InChI=1S/C13H19NO.ClH/c1-4-5-6-12(14)11-8-7-10(2)13(9-11)15-3;/h4,7-9,12H,1,5-6,14H2,2-3H3;1H/t12-;/m1./s1. The van der Waals surface area contributed by atoms with E-state index in [9.17, 15) is 0 Å². The summed E-state index contributed by atoms with van der Waals surface area (Å²) in [5.41, 5.74) is 8.31. The molecule has 90 valence electrons. The molecule has 3 heteroatoms. The minimum atomic E-state index is 0.